The molecule has 1 heterocycles. The topological polar surface area (TPSA) is 70.2 Å². The molecule has 32 heavy (non-hydrogen) atoms. The van der Waals surface area contributed by atoms with Crippen LogP contribution < -0.4 is 10.6 Å². The van der Waals surface area contributed by atoms with E-state index in [-0.39, 0.29) is 5.92 Å². The van der Waals surface area contributed by atoms with Crippen LogP contribution in [0.1, 0.15) is 29.8 Å². The molecule has 1 aliphatic rings. The SMILES string of the molecule is CNCCCNc1nc(CN(C)C)nc2ccccc12.O=CC1CCc2ccccc2C1. The number of hydrogen-bond acceptors (Lipinski definition) is 6. The Morgan fingerprint density at radius 1 is 1.03 bits per heavy atom. The fraction of sp³-hybridized carbons (Fsp3) is 0.423. The predicted molar refractivity (Wildman–Crippen MR) is 132 cm³/mol. The first kappa shape index (κ1) is 23.8. The highest BCUT2D eigenvalue weighted by atomic mass is 16.1. The van der Waals surface area contributed by atoms with Gasteiger partial charge in [0, 0.05) is 17.8 Å². The monoisotopic (exact) mass is 433 g/mol. The number of para-hydroxylation sites is 1. The van der Waals surface area contributed by atoms with Crippen LogP contribution in [0.4, 0.5) is 5.82 Å². The number of anilines is 1. The molecule has 1 unspecified atom stereocenters. The van der Waals surface area contributed by atoms with Crippen LogP contribution in [-0.4, -0.2) is 55.4 Å². The van der Waals surface area contributed by atoms with Crippen LogP contribution in [0.25, 0.3) is 10.9 Å². The maximum absolute atomic E-state index is 10.6. The summed E-state index contributed by atoms with van der Waals surface area (Å²) in [5.74, 6) is 2.05. The van der Waals surface area contributed by atoms with Gasteiger partial charge in [0.15, 0.2) is 0 Å². The summed E-state index contributed by atoms with van der Waals surface area (Å²) in [6, 6.07) is 16.5. The summed E-state index contributed by atoms with van der Waals surface area (Å²) >= 11 is 0. The Kier molecular flexibility index (Phi) is 9.13. The van der Waals surface area contributed by atoms with Crippen molar-refractivity contribution in [3.63, 3.8) is 0 Å². The van der Waals surface area contributed by atoms with Gasteiger partial charge in [-0.25, -0.2) is 9.97 Å². The zero-order chi connectivity index (χ0) is 22.8. The Hall–Kier alpha value is -2.83. The molecule has 4 rings (SSSR count). The minimum absolute atomic E-state index is 0.264. The average molecular weight is 434 g/mol. The zero-order valence-corrected chi connectivity index (χ0v) is 19.5. The summed E-state index contributed by atoms with van der Waals surface area (Å²) in [5, 5.41) is 7.66. The van der Waals surface area contributed by atoms with E-state index in [4.69, 9.17) is 0 Å². The maximum atomic E-state index is 10.6. The number of aryl methyl sites for hydroxylation is 1. The second-order valence-corrected chi connectivity index (χ2v) is 8.53. The lowest BCUT2D eigenvalue weighted by atomic mass is 9.85. The van der Waals surface area contributed by atoms with Gasteiger partial charge in [0.25, 0.3) is 0 Å². The molecule has 6 heteroatoms. The van der Waals surface area contributed by atoms with E-state index in [0.29, 0.717) is 0 Å². The number of nitrogens with one attached hydrogen (secondary N) is 2. The number of carbonyl (C=O) groups is 1. The van der Waals surface area contributed by atoms with Crippen molar-refractivity contribution in [1.29, 1.82) is 0 Å². The first-order valence-corrected chi connectivity index (χ1v) is 11.4. The van der Waals surface area contributed by atoms with Gasteiger partial charge in [0.05, 0.1) is 12.1 Å². The predicted octanol–water partition coefficient (Wildman–Crippen LogP) is 3.70. The Labute approximate surface area is 191 Å². The molecule has 2 aromatic carbocycles. The third-order valence-corrected chi connectivity index (χ3v) is 5.58. The van der Waals surface area contributed by atoms with E-state index in [9.17, 15) is 4.79 Å². The van der Waals surface area contributed by atoms with Gasteiger partial charge in [-0.1, -0.05) is 36.4 Å². The molecule has 0 fully saturated rings. The molecule has 6 nitrogen and oxygen atoms in total. The van der Waals surface area contributed by atoms with Crippen molar-refractivity contribution in [2.24, 2.45) is 5.92 Å². The lowest BCUT2D eigenvalue weighted by Gasteiger charge is -2.19. The molecule has 170 valence electrons. The van der Waals surface area contributed by atoms with Crippen LogP contribution in [0.15, 0.2) is 48.5 Å². The summed E-state index contributed by atoms with van der Waals surface area (Å²) < 4.78 is 0. The van der Waals surface area contributed by atoms with Gasteiger partial charge in [-0.3, -0.25) is 0 Å². The number of nitrogens with zero attached hydrogens (tertiary/aromatic N) is 3. The first-order valence-electron chi connectivity index (χ1n) is 11.4. The molecule has 3 aromatic rings. The molecule has 0 radical (unpaired) electrons. The normalized spacial score (nSPS) is 15.1. The first-order chi connectivity index (χ1) is 15.6. The van der Waals surface area contributed by atoms with Crippen LogP contribution >= 0.6 is 0 Å². The Morgan fingerprint density at radius 2 is 1.78 bits per heavy atom. The highest BCUT2D eigenvalue weighted by Crippen LogP contribution is 2.23. The Morgan fingerprint density at radius 3 is 2.53 bits per heavy atom. The van der Waals surface area contributed by atoms with Crippen LogP contribution in [0, 0.1) is 5.92 Å². The van der Waals surface area contributed by atoms with Crippen molar-refractivity contribution in [2.45, 2.75) is 32.2 Å². The number of aldehydes is 1. The molecule has 0 amide bonds. The number of aromatic nitrogens is 2. The summed E-state index contributed by atoms with van der Waals surface area (Å²) in [6.07, 6.45) is 5.20. The van der Waals surface area contributed by atoms with Gasteiger partial charge in [0.2, 0.25) is 0 Å². The van der Waals surface area contributed by atoms with Crippen LogP contribution in [-0.2, 0) is 24.2 Å². The van der Waals surface area contributed by atoms with Gasteiger partial charge in [-0.2, -0.15) is 0 Å². The number of carbonyl (C=O) groups excluding carboxylic acids is 1. The smallest absolute Gasteiger partial charge is 0.145 e. The fourth-order valence-electron chi connectivity index (χ4n) is 3.93. The summed E-state index contributed by atoms with van der Waals surface area (Å²) in [7, 11) is 6.02. The van der Waals surface area contributed by atoms with Gasteiger partial charge in [-0.15, -0.1) is 0 Å². The van der Waals surface area contributed by atoms with Gasteiger partial charge >= 0.3 is 0 Å². The lowest BCUT2D eigenvalue weighted by molar-refractivity contribution is -0.111. The zero-order valence-electron chi connectivity index (χ0n) is 19.5. The van der Waals surface area contributed by atoms with E-state index in [1.807, 2.05) is 45.4 Å². The van der Waals surface area contributed by atoms with Crippen LogP contribution in [0.3, 0.4) is 0 Å². The largest absolute Gasteiger partial charge is 0.369 e. The van der Waals surface area contributed by atoms with Gasteiger partial charge in [-0.05, 0) is 76.6 Å². The highest BCUT2D eigenvalue weighted by molar-refractivity contribution is 5.88. The minimum Gasteiger partial charge on any atom is -0.369 e. The van der Waals surface area contributed by atoms with Crippen LogP contribution in [0.2, 0.25) is 0 Å². The van der Waals surface area contributed by atoms with Crippen molar-refractivity contribution in [3.8, 4) is 0 Å². The fourth-order valence-corrected chi connectivity index (χ4v) is 3.93. The molecule has 0 saturated carbocycles. The minimum atomic E-state index is 0.264. The van der Waals surface area contributed by atoms with E-state index < -0.39 is 0 Å². The van der Waals surface area contributed by atoms with Crippen molar-refractivity contribution in [1.82, 2.24) is 20.2 Å². The molecule has 0 spiro atoms. The number of benzene rings is 2. The van der Waals surface area contributed by atoms with E-state index >= 15 is 0 Å². The van der Waals surface area contributed by atoms with Gasteiger partial charge < -0.3 is 20.3 Å². The van der Waals surface area contributed by atoms with E-state index in [1.165, 1.54) is 11.1 Å². The average Bonchev–Trinajstić information content (AvgIpc) is 2.81. The molecule has 0 saturated heterocycles. The molecular formula is C26H35N5O. The summed E-state index contributed by atoms with van der Waals surface area (Å²) in [6.45, 7) is 2.65. The van der Waals surface area contributed by atoms with Crippen molar-refractivity contribution in [3.05, 3.63) is 65.5 Å². The van der Waals surface area contributed by atoms with Crippen molar-refractivity contribution < 1.29 is 4.79 Å². The summed E-state index contributed by atoms with van der Waals surface area (Å²) in [4.78, 5) is 21.9. The summed E-state index contributed by atoms with van der Waals surface area (Å²) in [5.41, 5.74) is 3.78. The molecule has 2 N–H and O–H groups in total. The molecule has 1 aliphatic carbocycles. The molecule has 1 atom stereocenters. The quantitative estimate of drug-likeness (QED) is 0.417. The highest BCUT2D eigenvalue weighted by Gasteiger charge is 2.16. The second-order valence-electron chi connectivity index (χ2n) is 8.53. The Bertz CT molecular complexity index is 1000. The van der Waals surface area contributed by atoms with E-state index in [2.05, 4.69) is 49.8 Å². The van der Waals surface area contributed by atoms with Crippen molar-refractivity contribution >= 4 is 23.0 Å². The standard InChI is InChI=1S/C15H23N5.C11H12O/c1-16-9-6-10-17-15-12-7-4-5-8-13(12)18-14(19-15)11-20(2)3;12-8-9-5-6-10-3-1-2-4-11(10)7-9/h4-5,7-8,16H,6,9-11H2,1-3H3,(H,17,18,19);1-4,8-9H,5-7H2. The van der Waals surface area contributed by atoms with Crippen LogP contribution in [0.5, 0.6) is 0 Å². The Balaban J connectivity index is 0.000000204. The lowest BCUT2D eigenvalue weighted by Crippen LogP contribution is -2.16. The maximum Gasteiger partial charge on any atom is 0.145 e. The number of fused-ring (bicyclic) bond motifs is 2. The molecule has 1 aromatic heterocycles. The van der Waals surface area contributed by atoms with E-state index in [1.54, 1.807) is 0 Å². The van der Waals surface area contributed by atoms with E-state index in [0.717, 1.165) is 74.1 Å². The third kappa shape index (κ3) is 6.84. The van der Waals surface area contributed by atoms with Gasteiger partial charge in [0.1, 0.15) is 17.9 Å². The number of hydrogen-bond donors (Lipinski definition) is 2. The number of rotatable bonds is 8. The molecule has 0 bridgehead atoms. The molecular weight excluding hydrogens is 398 g/mol. The van der Waals surface area contributed by atoms with Crippen molar-refractivity contribution in [2.75, 3.05) is 39.5 Å². The second kappa shape index (κ2) is 12.3. The third-order valence-electron chi connectivity index (χ3n) is 5.58. The molecule has 0 aliphatic heterocycles.